The van der Waals surface area contributed by atoms with E-state index < -0.39 is 22.7 Å². The molecule has 0 aliphatic rings. The number of nitro benzene ring substituents is 1. The molecular formula is C10H7F3N4O3S. The number of nitro groups is 1. The molecule has 0 saturated carbocycles. The number of nitrogens with zero attached hydrogens (tertiary/aromatic N) is 3. The van der Waals surface area contributed by atoms with Crippen LogP contribution in [0, 0.1) is 21.6 Å². The van der Waals surface area contributed by atoms with Gasteiger partial charge in [0.2, 0.25) is 5.75 Å². The zero-order valence-corrected chi connectivity index (χ0v) is 11.2. The summed E-state index contributed by atoms with van der Waals surface area (Å²) >= 11 is 1.05. The van der Waals surface area contributed by atoms with E-state index in [1.807, 2.05) is 0 Å². The van der Waals surface area contributed by atoms with Crippen LogP contribution in [0.5, 0.6) is 5.75 Å². The fourth-order valence-electron chi connectivity index (χ4n) is 1.22. The number of rotatable bonds is 3. The van der Waals surface area contributed by atoms with Gasteiger partial charge in [0.1, 0.15) is 0 Å². The number of hydrogen-bond acceptors (Lipinski definition) is 6. The molecule has 7 nitrogen and oxygen atoms in total. The number of nitriles is 1. The number of benzene rings is 1. The highest BCUT2D eigenvalue weighted by molar-refractivity contribution is 8.13. The van der Waals surface area contributed by atoms with Gasteiger partial charge in [0, 0.05) is 6.07 Å². The van der Waals surface area contributed by atoms with Gasteiger partial charge in [0.15, 0.2) is 11.4 Å². The minimum absolute atomic E-state index is 0.00308. The first kappa shape index (κ1) is 16.6. The first-order valence-electron chi connectivity index (χ1n) is 5.09. The molecule has 0 unspecified atom stereocenters. The molecule has 0 aliphatic carbocycles. The molecule has 1 aromatic carbocycles. The van der Waals surface area contributed by atoms with Gasteiger partial charge in [0.25, 0.3) is 0 Å². The second-order valence-corrected chi connectivity index (χ2v) is 4.11. The second-order valence-electron chi connectivity index (χ2n) is 3.31. The van der Waals surface area contributed by atoms with E-state index in [0.717, 1.165) is 30.0 Å². The van der Waals surface area contributed by atoms with Gasteiger partial charge >= 0.3 is 12.0 Å². The van der Waals surface area contributed by atoms with Gasteiger partial charge < -0.3 is 4.74 Å². The number of thioether (sulfide) groups is 1. The van der Waals surface area contributed by atoms with Crippen LogP contribution in [0.3, 0.4) is 0 Å². The van der Waals surface area contributed by atoms with Crippen LogP contribution in [-0.2, 0) is 0 Å². The van der Waals surface area contributed by atoms with Crippen molar-refractivity contribution in [2.24, 2.45) is 4.99 Å². The van der Waals surface area contributed by atoms with E-state index in [1.54, 1.807) is 12.4 Å². The Morgan fingerprint density at radius 3 is 2.71 bits per heavy atom. The van der Waals surface area contributed by atoms with E-state index in [2.05, 4.69) is 15.0 Å². The summed E-state index contributed by atoms with van der Waals surface area (Å²) in [5.74, 6) is -0.939. The summed E-state index contributed by atoms with van der Waals surface area (Å²) in [5, 5.41) is 21.6. The highest BCUT2D eigenvalue weighted by Crippen LogP contribution is 2.35. The van der Waals surface area contributed by atoms with Gasteiger partial charge in [-0.3, -0.25) is 15.4 Å². The molecule has 0 amide bonds. The van der Waals surface area contributed by atoms with Crippen molar-refractivity contribution in [1.82, 2.24) is 5.32 Å². The minimum atomic E-state index is -5.04. The minimum Gasteiger partial charge on any atom is -0.398 e. The third-order valence-corrected chi connectivity index (χ3v) is 2.53. The zero-order chi connectivity index (χ0) is 16.0. The number of amidine groups is 1. The third kappa shape index (κ3) is 5.19. The Balaban J connectivity index is 3.21. The smallest absolute Gasteiger partial charge is 0.398 e. The summed E-state index contributed by atoms with van der Waals surface area (Å²) < 4.78 is 40.0. The molecule has 0 fully saturated rings. The van der Waals surface area contributed by atoms with Crippen LogP contribution in [0.15, 0.2) is 23.2 Å². The average Bonchev–Trinajstić information content (AvgIpc) is 2.38. The zero-order valence-electron chi connectivity index (χ0n) is 10.3. The van der Waals surface area contributed by atoms with Gasteiger partial charge in [-0.2, -0.15) is 5.26 Å². The molecule has 1 aromatic rings. The molecule has 0 heterocycles. The Bertz CT molecular complexity index is 613. The Hall–Kier alpha value is -2.48. The lowest BCUT2D eigenvalue weighted by atomic mass is 10.2. The standard InChI is InChI=1S/C10H7F3N4O3S/c1-21-9(15-5-14)16-6-2-3-8(20-10(11,12)13)7(4-6)17(18)19/h2-4H,1H3,(H,15,16). The molecule has 11 heteroatoms. The number of aliphatic imine (C=N–C) groups is 1. The molecule has 0 saturated heterocycles. The molecule has 1 N–H and O–H groups in total. The maximum absolute atomic E-state index is 12.1. The van der Waals surface area contributed by atoms with Gasteiger partial charge in [-0.05, 0) is 18.4 Å². The van der Waals surface area contributed by atoms with Crippen molar-refractivity contribution in [3.05, 3.63) is 28.3 Å². The Morgan fingerprint density at radius 2 is 2.24 bits per heavy atom. The summed E-state index contributed by atoms with van der Waals surface area (Å²) in [7, 11) is 0. The molecule has 0 spiro atoms. The van der Waals surface area contributed by atoms with Crippen LogP contribution >= 0.6 is 11.8 Å². The predicted octanol–water partition coefficient (Wildman–Crippen LogP) is 2.91. The first-order chi connectivity index (χ1) is 9.76. The fraction of sp³-hybridized carbons (Fsp3) is 0.200. The molecule has 1 rings (SSSR count). The SMILES string of the molecule is CSC(=Nc1ccc(OC(F)(F)F)c([N+](=O)[O-])c1)NC#N. The van der Waals surface area contributed by atoms with E-state index >= 15 is 0 Å². The number of nitrogens with one attached hydrogen (secondary N) is 1. The van der Waals surface area contributed by atoms with Crippen molar-refractivity contribution >= 4 is 28.3 Å². The maximum Gasteiger partial charge on any atom is 0.573 e. The predicted molar refractivity (Wildman–Crippen MR) is 69.1 cm³/mol. The number of alkyl halides is 3. The van der Waals surface area contributed by atoms with E-state index in [1.165, 1.54) is 0 Å². The Labute approximate surface area is 120 Å². The lowest BCUT2D eigenvalue weighted by Crippen LogP contribution is -2.17. The lowest BCUT2D eigenvalue weighted by molar-refractivity contribution is -0.388. The number of halogens is 3. The normalized spacial score (nSPS) is 11.7. The molecule has 0 bridgehead atoms. The largest absolute Gasteiger partial charge is 0.573 e. The number of hydrogen-bond donors (Lipinski definition) is 1. The molecule has 0 aromatic heterocycles. The van der Waals surface area contributed by atoms with Crippen LogP contribution in [0.25, 0.3) is 0 Å². The third-order valence-electron chi connectivity index (χ3n) is 1.95. The van der Waals surface area contributed by atoms with Gasteiger partial charge in [-0.15, -0.1) is 13.2 Å². The highest BCUT2D eigenvalue weighted by atomic mass is 32.2. The highest BCUT2D eigenvalue weighted by Gasteiger charge is 2.34. The summed E-state index contributed by atoms with van der Waals surface area (Å²) in [6.45, 7) is 0. The summed E-state index contributed by atoms with van der Waals surface area (Å²) in [6, 6.07) is 2.70. The maximum atomic E-state index is 12.1. The molecular weight excluding hydrogens is 313 g/mol. The Morgan fingerprint density at radius 1 is 1.57 bits per heavy atom. The topological polar surface area (TPSA) is 101 Å². The van der Waals surface area contributed by atoms with Crippen LogP contribution in [0.1, 0.15) is 0 Å². The molecule has 0 atom stereocenters. The van der Waals surface area contributed by atoms with E-state index in [-0.39, 0.29) is 10.9 Å². The van der Waals surface area contributed by atoms with Gasteiger partial charge in [0.05, 0.1) is 10.6 Å². The fourth-order valence-corrected chi connectivity index (χ4v) is 1.56. The van der Waals surface area contributed by atoms with Crippen LogP contribution < -0.4 is 10.1 Å². The molecule has 21 heavy (non-hydrogen) atoms. The lowest BCUT2D eigenvalue weighted by Gasteiger charge is -2.09. The summed E-state index contributed by atoms with van der Waals surface area (Å²) in [6.07, 6.45) is -1.83. The average molecular weight is 320 g/mol. The van der Waals surface area contributed by atoms with E-state index in [0.29, 0.717) is 0 Å². The molecule has 112 valence electrons. The summed E-state index contributed by atoms with van der Waals surface area (Å²) in [4.78, 5) is 13.6. The molecule has 0 radical (unpaired) electrons. The van der Waals surface area contributed by atoms with Crippen molar-refractivity contribution in [1.29, 1.82) is 5.26 Å². The number of ether oxygens (including phenoxy) is 1. The van der Waals surface area contributed by atoms with Crippen LogP contribution in [0.2, 0.25) is 0 Å². The van der Waals surface area contributed by atoms with Crippen molar-refractivity contribution in [3.63, 3.8) is 0 Å². The monoisotopic (exact) mass is 320 g/mol. The van der Waals surface area contributed by atoms with Gasteiger partial charge in [-0.25, -0.2) is 4.99 Å². The second kappa shape index (κ2) is 6.80. The quantitative estimate of drug-likeness (QED) is 0.229. The van der Waals surface area contributed by atoms with Crippen molar-refractivity contribution < 1.29 is 22.8 Å². The van der Waals surface area contributed by atoms with Crippen LogP contribution in [0.4, 0.5) is 24.5 Å². The van der Waals surface area contributed by atoms with E-state index in [4.69, 9.17) is 5.26 Å². The first-order valence-corrected chi connectivity index (χ1v) is 6.31. The van der Waals surface area contributed by atoms with Gasteiger partial charge in [-0.1, -0.05) is 11.8 Å². The van der Waals surface area contributed by atoms with Crippen LogP contribution in [-0.4, -0.2) is 22.7 Å². The van der Waals surface area contributed by atoms with Crippen molar-refractivity contribution in [2.45, 2.75) is 6.36 Å². The van der Waals surface area contributed by atoms with Crippen molar-refractivity contribution in [3.8, 4) is 11.9 Å². The summed E-state index contributed by atoms with van der Waals surface area (Å²) in [5.41, 5.74) is -0.880. The van der Waals surface area contributed by atoms with E-state index in [9.17, 15) is 23.3 Å². The Kier molecular flexibility index (Phi) is 5.37. The molecule has 0 aliphatic heterocycles. The van der Waals surface area contributed by atoms with Crippen molar-refractivity contribution in [2.75, 3.05) is 6.26 Å².